The fourth-order valence-electron chi connectivity index (χ4n) is 4.42. The van der Waals surface area contributed by atoms with Gasteiger partial charge in [-0.2, -0.15) is 19.7 Å². The molecule has 0 aliphatic rings. The van der Waals surface area contributed by atoms with Crippen molar-refractivity contribution in [1.82, 2.24) is 24.4 Å². The third-order valence-electron chi connectivity index (χ3n) is 6.53. The number of hydrogen-bond acceptors (Lipinski definition) is 8. The SMILES string of the molecule is C=CCOc1ccc(-c2nn(-c3ccccc3)cc2C=c2sc3nc(=O)c(Cc4ccc(OC)cc4)nn3c2=O)cc1. The Morgan fingerprint density at radius 3 is 2.38 bits per heavy atom. The van der Waals surface area contributed by atoms with Crippen molar-refractivity contribution in [2.45, 2.75) is 6.42 Å². The summed E-state index contributed by atoms with van der Waals surface area (Å²) in [4.78, 5) is 30.7. The van der Waals surface area contributed by atoms with Crippen LogP contribution in [0.4, 0.5) is 0 Å². The quantitative estimate of drug-likeness (QED) is 0.240. The highest BCUT2D eigenvalue weighted by atomic mass is 32.1. The molecule has 6 aromatic rings. The molecule has 6 rings (SSSR count). The van der Waals surface area contributed by atoms with Crippen molar-refractivity contribution in [1.29, 1.82) is 0 Å². The fourth-order valence-corrected chi connectivity index (χ4v) is 5.32. The van der Waals surface area contributed by atoms with Crippen molar-refractivity contribution in [3.8, 4) is 28.4 Å². The zero-order valence-corrected chi connectivity index (χ0v) is 23.5. The highest BCUT2D eigenvalue weighted by Crippen LogP contribution is 2.26. The van der Waals surface area contributed by atoms with Gasteiger partial charge in [-0.15, -0.1) is 0 Å². The second-order valence-electron chi connectivity index (χ2n) is 9.34. The summed E-state index contributed by atoms with van der Waals surface area (Å²) in [5, 5.41) is 9.23. The lowest BCUT2D eigenvalue weighted by Crippen LogP contribution is -2.28. The van der Waals surface area contributed by atoms with E-state index in [0.717, 1.165) is 33.7 Å². The van der Waals surface area contributed by atoms with Gasteiger partial charge in [0.1, 0.15) is 29.5 Å². The summed E-state index contributed by atoms with van der Waals surface area (Å²) >= 11 is 1.11. The smallest absolute Gasteiger partial charge is 0.296 e. The molecule has 0 radical (unpaired) electrons. The molecule has 42 heavy (non-hydrogen) atoms. The summed E-state index contributed by atoms with van der Waals surface area (Å²) in [6.45, 7) is 4.09. The molecule has 9 nitrogen and oxygen atoms in total. The highest BCUT2D eigenvalue weighted by molar-refractivity contribution is 7.15. The van der Waals surface area contributed by atoms with E-state index in [1.54, 1.807) is 23.9 Å². The first-order valence-electron chi connectivity index (χ1n) is 13.1. The Balaban J connectivity index is 1.42. The summed E-state index contributed by atoms with van der Waals surface area (Å²) < 4.78 is 14.2. The minimum Gasteiger partial charge on any atom is -0.497 e. The van der Waals surface area contributed by atoms with Gasteiger partial charge in [-0.05, 0) is 60.2 Å². The summed E-state index contributed by atoms with van der Waals surface area (Å²) in [7, 11) is 1.59. The predicted octanol–water partition coefficient (Wildman–Crippen LogP) is 4.08. The number of methoxy groups -OCH3 is 1. The second kappa shape index (κ2) is 11.6. The molecular formula is C32H25N5O4S. The number of fused-ring (bicyclic) bond motifs is 1. The van der Waals surface area contributed by atoms with E-state index in [1.165, 1.54) is 4.52 Å². The molecule has 10 heteroatoms. The number of rotatable bonds is 9. The maximum absolute atomic E-state index is 13.5. The number of aromatic nitrogens is 5. The van der Waals surface area contributed by atoms with E-state index < -0.39 is 5.56 Å². The maximum Gasteiger partial charge on any atom is 0.296 e. The molecule has 0 amide bonds. The van der Waals surface area contributed by atoms with Crippen molar-refractivity contribution in [2.75, 3.05) is 13.7 Å². The Morgan fingerprint density at radius 1 is 0.929 bits per heavy atom. The van der Waals surface area contributed by atoms with E-state index in [1.807, 2.05) is 85.1 Å². The first-order valence-corrected chi connectivity index (χ1v) is 13.9. The van der Waals surface area contributed by atoms with Crippen molar-refractivity contribution in [2.24, 2.45) is 0 Å². The van der Waals surface area contributed by atoms with Crippen molar-refractivity contribution < 1.29 is 9.47 Å². The molecule has 0 aliphatic carbocycles. The average Bonchev–Trinajstić information content (AvgIpc) is 3.58. The number of para-hydroxylation sites is 1. The molecule has 3 heterocycles. The molecule has 0 unspecified atom stereocenters. The molecule has 0 spiro atoms. The van der Waals surface area contributed by atoms with Gasteiger partial charge in [-0.1, -0.05) is 54.3 Å². The van der Waals surface area contributed by atoms with Crippen LogP contribution in [0.1, 0.15) is 16.8 Å². The number of benzene rings is 3. The zero-order valence-electron chi connectivity index (χ0n) is 22.6. The number of ether oxygens (including phenoxy) is 2. The first-order chi connectivity index (χ1) is 20.5. The van der Waals surface area contributed by atoms with Crippen molar-refractivity contribution in [3.05, 3.63) is 140 Å². The van der Waals surface area contributed by atoms with Gasteiger partial charge in [0, 0.05) is 23.7 Å². The van der Waals surface area contributed by atoms with E-state index >= 15 is 0 Å². The molecular weight excluding hydrogens is 550 g/mol. The third kappa shape index (κ3) is 5.48. The molecule has 0 N–H and O–H groups in total. The van der Waals surface area contributed by atoms with Crippen LogP contribution in [0.25, 0.3) is 28.0 Å². The molecule has 0 saturated carbocycles. The van der Waals surface area contributed by atoms with Gasteiger partial charge < -0.3 is 9.47 Å². The van der Waals surface area contributed by atoms with Crippen LogP contribution in [0.3, 0.4) is 0 Å². The van der Waals surface area contributed by atoms with Crippen LogP contribution in [0.15, 0.2) is 107 Å². The van der Waals surface area contributed by atoms with Crippen LogP contribution < -0.4 is 25.1 Å². The number of thiazole rings is 1. The highest BCUT2D eigenvalue weighted by Gasteiger charge is 2.15. The van der Waals surface area contributed by atoms with E-state index in [9.17, 15) is 9.59 Å². The molecule has 3 aromatic carbocycles. The maximum atomic E-state index is 13.5. The van der Waals surface area contributed by atoms with Crippen LogP contribution in [0.5, 0.6) is 11.5 Å². The average molecular weight is 576 g/mol. The first kappa shape index (κ1) is 26.9. The predicted molar refractivity (Wildman–Crippen MR) is 163 cm³/mol. The van der Waals surface area contributed by atoms with E-state index in [2.05, 4.69) is 16.7 Å². The van der Waals surface area contributed by atoms with Gasteiger partial charge in [0.15, 0.2) is 0 Å². The Bertz CT molecular complexity index is 2050. The lowest BCUT2D eigenvalue weighted by molar-refractivity contribution is 0.363. The second-order valence-corrected chi connectivity index (χ2v) is 10.3. The molecule has 0 aliphatic heterocycles. The van der Waals surface area contributed by atoms with Gasteiger partial charge in [0.25, 0.3) is 11.1 Å². The van der Waals surface area contributed by atoms with Gasteiger partial charge >= 0.3 is 0 Å². The molecule has 0 bridgehead atoms. The Morgan fingerprint density at radius 2 is 1.67 bits per heavy atom. The van der Waals surface area contributed by atoms with Gasteiger partial charge in [-0.3, -0.25) is 9.59 Å². The normalized spacial score (nSPS) is 11.6. The van der Waals surface area contributed by atoms with Crippen LogP contribution in [-0.4, -0.2) is 38.1 Å². The lowest BCUT2D eigenvalue weighted by atomic mass is 10.1. The monoisotopic (exact) mass is 575 g/mol. The summed E-state index contributed by atoms with van der Waals surface area (Å²) in [5.41, 5.74) is 3.36. The van der Waals surface area contributed by atoms with Crippen molar-refractivity contribution >= 4 is 22.4 Å². The lowest BCUT2D eigenvalue weighted by Gasteiger charge is -2.04. The van der Waals surface area contributed by atoms with Crippen LogP contribution in [0.2, 0.25) is 0 Å². The number of nitrogens with zero attached hydrogens (tertiary/aromatic N) is 5. The summed E-state index contributed by atoms with van der Waals surface area (Å²) in [6, 6.07) is 24.6. The van der Waals surface area contributed by atoms with Crippen molar-refractivity contribution in [3.63, 3.8) is 0 Å². The molecule has 0 saturated heterocycles. The van der Waals surface area contributed by atoms with Crippen LogP contribution >= 0.6 is 11.3 Å². The summed E-state index contributed by atoms with van der Waals surface area (Å²) in [5.74, 6) is 1.43. The van der Waals surface area contributed by atoms with E-state index in [-0.39, 0.29) is 22.6 Å². The zero-order chi connectivity index (χ0) is 29.1. The Kier molecular flexibility index (Phi) is 7.44. The minimum absolute atomic E-state index is 0.190. The van der Waals surface area contributed by atoms with Crippen LogP contribution in [-0.2, 0) is 6.42 Å². The Labute approximate surface area is 244 Å². The minimum atomic E-state index is -0.463. The van der Waals surface area contributed by atoms with Crippen LogP contribution in [0, 0.1) is 0 Å². The molecule has 0 fully saturated rings. The standard InChI is InChI=1S/C32H25N5O4S/c1-3-17-41-26-15-11-22(12-16-26)29-23(20-36(35-29)24-7-5-4-6-8-24)19-28-31(39)37-32(42-28)33-30(38)27(34-37)18-21-9-13-25(40-2)14-10-21/h3-16,19-20H,1,17-18H2,2H3. The Hall–Kier alpha value is -5.35. The molecule has 208 valence electrons. The summed E-state index contributed by atoms with van der Waals surface area (Å²) in [6.07, 6.45) is 5.57. The van der Waals surface area contributed by atoms with E-state index in [0.29, 0.717) is 28.3 Å². The van der Waals surface area contributed by atoms with Gasteiger partial charge in [0.2, 0.25) is 4.96 Å². The fraction of sp³-hybridized carbons (Fsp3) is 0.0938. The topological polar surface area (TPSA) is 101 Å². The largest absolute Gasteiger partial charge is 0.497 e. The third-order valence-corrected chi connectivity index (χ3v) is 7.49. The molecule has 0 atom stereocenters. The van der Waals surface area contributed by atoms with E-state index in [4.69, 9.17) is 14.6 Å². The van der Waals surface area contributed by atoms with Gasteiger partial charge in [-0.25, -0.2) is 4.68 Å². The van der Waals surface area contributed by atoms with Gasteiger partial charge in [0.05, 0.1) is 17.3 Å². The molecule has 3 aromatic heterocycles. The number of hydrogen-bond donors (Lipinski definition) is 0.